The lowest BCUT2D eigenvalue weighted by Gasteiger charge is -2.36. The second kappa shape index (κ2) is 8.78. The molecule has 1 fully saturated rings. The first-order valence-electron chi connectivity index (χ1n) is 11.6. The molecule has 0 radical (unpaired) electrons. The number of aromatic nitrogens is 4. The molecule has 0 amide bonds. The lowest BCUT2D eigenvalue weighted by Crippen LogP contribution is -2.35. The van der Waals surface area contributed by atoms with Crippen molar-refractivity contribution < 1.29 is 0 Å². The molecule has 0 bridgehead atoms. The molecule has 3 heterocycles. The number of pyridine rings is 1. The molecule has 0 saturated heterocycles. The SMILES string of the molecule is Cc1cccc2nc(CSc3nc4ccccc4c(=O)n3C3CCCC(C)C3C)cc(=O)n12. The number of benzene rings is 1. The number of rotatable bonds is 4. The highest BCUT2D eigenvalue weighted by molar-refractivity contribution is 7.98. The van der Waals surface area contributed by atoms with E-state index in [4.69, 9.17) is 9.97 Å². The molecule has 5 rings (SSSR count). The van der Waals surface area contributed by atoms with Crippen molar-refractivity contribution in [3.63, 3.8) is 0 Å². The van der Waals surface area contributed by atoms with Crippen LogP contribution in [0.1, 0.15) is 50.5 Å². The second-order valence-electron chi connectivity index (χ2n) is 9.16. The summed E-state index contributed by atoms with van der Waals surface area (Å²) >= 11 is 1.49. The Morgan fingerprint density at radius 2 is 1.85 bits per heavy atom. The summed E-state index contributed by atoms with van der Waals surface area (Å²) in [6, 6.07) is 14.9. The molecule has 1 saturated carbocycles. The van der Waals surface area contributed by atoms with E-state index in [9.17, 15) is 9.59 Å². The number of hydrogen-bond donors (Lipinski definition) is 0. The van der Waals surface area contributed by atoms with Crippen LogP contribution in [0.15, 0.2) is 63.3 Å². The smallest absolute Gasteiger partial charge is 0.262 e. The Morgan fingerprint density at radius 1 is 1.03 bits per heavy atom. The predicted molar refractivity (Wildman–Crippen MR) is 133 cm³/mol. The quantitative estimate of drug-likeness (QED) is 0.317. The Labute approximate surface area is 196 Å². The van der Waals surface area contributed by atoms with E-state index in [2.05, 4.69) is 13.8 Å². The fraction of sp³-hybridized carbons (Fsp3) is 0.385. The highest BCUT2D eigenvalue weighted by Gasteiger charge is 2.31. The summed E-state index contributed by atoms with van der Waals surface area (Å²) in [6.45, 7) is 6.42. The molecule has 3 atom stereocenters. The zero-order valence-corrected chi connectivity index (χ0v) is 20.0. The molecule has 0 N–H and O–H groups in total. The van der Waals surface area contributed by atoms with Crippen LogP contribution in [-0.2, 0) is 5.75 Å². The van der Waals surface area contributed by atoms with Gasteiger partial charge in [0.05, 0.1) is 16.6 Å². The largest absolute Gasteiger partial charge is 0.284 e. The summed E-state index contributed by atoms with van der Waals surface area (Å²) in [5, 5.41) is 1.36. The molecule has 3 aromatic heterocycles. The Kier molecular flexibility index (Phi) is 5.83. The Morgan fingerprint density at radius 3 is 2.70 bits per heavy atom. The third kappa shape index (κ3) is 3.99. The molecule has 170 valence electrons. The van der Waals surface area contributed by atoms with Crippen molar-refractivity contribution in [3.8, 4) is 0 Å². The summed E-state index contributed by atoms with van der Waals surface area (Å²) in [4.78, 5) is 35.9. The van der Waals surface area contributed by atoms with Gasteiger partial charge in [-0.3, -0.25) is 18.6 Å². The molecule has 1 aliphatic carbocycles. The van der Waals surface area contributed by atoms with Gasteiger partial charge in [0.1, 0.15) is 5.65 Å². The minimum absolute atomic E-state index is 0.0243. The van der Waals surface area contributed by atoms with Crippen molar-refractivity contribution >= 4 is 28.3 Å². The van der Waals surface area contributed by atoms with Gasteiger partial charge in [0.25, 0.3) is 11.1 Å². The zero-order valence-electron chi connectivity index (χ0n) is 19.2. The molecule has 0 spiro atoms. The number of para-hydroxylation sites is 1. The summed E-state index contributed by atoms with van der Waals surface area (Å²) < 4.78 is 3.54. The Bertz CT molecular complexity index is 1460. The maximum Gasteiger partial charge on any atom is 0.262 e. The first-order chi connectivity index (χ1) is 15.9. The van der Waals surface area contributed by atoms with Crippen LogP contribution >= 0.6 is 11.8 Å². The number of hydrogen-bond acceptors (Lipinski definition) is 5. The maximum atomic E-state index is 13.6. The normalized spacial score (nSPS) is 21.0. The lowest BCUT2D eigenvalue weighted by molar-refractivity contribution is 0.173. The molecule has 3 unspecified atom stereocenters. The Balaban J connectivity index is 1.57. The topological polar surface area (TPSA) is 69.3 Å². The molecule has 1 aliphatic rings. The van der Waals surface area contributed by atoms with Gasteiger partial charge >= 0.3 is 0 Å². The summed E-state index contributed by atoms with van der Waals surface area (Å²) in [7, 11) is 0. The number of nitrogens with zero attached hydrogens (tertiary/aromatic N) is 4. The molecular formula is C26H28N4O2S. The molecule has 33 heavy (non-hydrogen) atoms. The summed E-state index contributed by atoms with van der Waals surface area (Å²) in [6.07, 6.45) is 3.29. The van der Waals surface area contributed by atoms with Crippen LogP contribution in [0.25, 0.3) is 16.6 Å². The minimum Gasteiger partial charge on any atom is -0.284 e. The molecule has 6 nitrogen and oxygen atoms in total. The van der Waals surface area contributed by atoms with Gasteiger partial charge in [0.15, 0.2) is 5.16 Å². The predicted octanol–water partition coefficient (Wildman–Crippen LogP) is 5.00. The van der Waals surface area contributed by atoms with Crippen LogP contribution in [-0.4, -0.2) is 18.9 Å². The first-order valence-corrected chi connectivity index (χ1v) is 12.5. The van der Waals surface area contributed by atoms with Gasteiger partial charge in [-0.1, -0.05) is 56.7 Å². The summed E-state index contributed by atoms with van der Waals surface area (Å²) in [5.41, 5.74) is 2.82. The summed E-state index contributed by atoms with van der Waals surface area (Å²) in [5.74, 6) is 1.43. The first kappa shape index (κ1) is 21.9. The van der Waals surface area contributed by atoms with Crippen molar-refractivity contribution in [1.29, 1.82) is 0 Å². The van der Waals surface area contributed by atoms with Gasteiger partial charge in [-0.25, -0.2) is 9.97 Å². The monoisotopic (exact) mass is 460 g/mol. The average molecular weight is 461 g/mol. The van der Waals surface area contributed by atoms with Gasteiger partial charge in [-0.15, -0.1) is 0 Å². The molecule has 0 aliphatic heterocycles. The minimum atomic E-state index is -0.0905. The third-order valence-corrected chi connectivity index (χ3v) is 8.04. The van der Waals surface area contributed by atoms with Crippen LogP contribution in [0, 0.1) is 18.8 Å². The van der Waals surface area contributed by atoms with Crippen LogP contribution < -0.4 is 11.1 Å². The van der Waals surface area contributed by atoms with Crippen molar-refractivity contribution in [2.45, 2.75) is 57.0 Å². The molecule has 7 heteroatoms. The maximum absolute atomic E-state index is 13.6. The fourth-order valence-electron chi connectivity index (χ4n) is 5.01. The van der Waals surface area contributed by atoms with E-state index in [1.807, 2.05) is 54.0 Å². The van der Waals surface area contributed by atoms with Gasteiger partial charge in [0, 0.05) is 23.6 Å². The van der Waals surface area contributed by atoms with Crippen molar-refractivity contribution in [2.24, 2.45) is 11.8 Å². The number of thioether (sulfide) groups is 1. The van der Waals surface area contributed by atoms with Crippen molar-refractivity contribution in [1.82, 2.24) is 18.9 Å². The molecule has 4 aromatic rings. The lowest BCUT2D eigenvalue weighted by atomic mass is 9.78. The van der Waals surface area contributed by atoms with Crippen LogP contribution in [0.4, 0.5) is 0 Å². The van der Waals surface area contributed by atoms with Gasteiger partial charge in [-0.05, 0) is 49.4 Å². The van der Waals surface area contributed by atoms with E-state index in [0.717, 1.165) is 18.5 Å². The van der Waals surface area contributed by atoms with E-state index in [-0.39, 0.29) is 17.2 Å². The number of aryl methyl sites for hydroxylation is 1. The van der Waals surface area contributed by atoms with E-state index in [1.165, 1.54) is 18.2 Å². The fourth-order valence-corrected chi connectivity index (χ4v) is 5.96. The van der Waals surface area contributed by atoms with E-state index >= 15 is 0 Å². The highest BCUT2D eigenvalue weighted by atomic mass is 32.2. The molecular weight excluding hydrogens is 432 g/mol. The standard InChI is InChI=1S/C26H28N4O2S/c1-16-8-6-12-22(18(16)3)30-25(32)20-10-4-5-11-21(20)28-26(30)33-15-19-14-24(31)29-17(2)9-7-13-23(29)27-19/h4-5,7,9-11,13-14,16,18,22H,6,8,12,15H2,1-3H3. The van der Waals surface area contributed by atoms with Crippen LogP contribution in [0.5, 0.6) is 0 Å². The zero-order chi connectivity index (χ0) is 23.1. The van der Waals surface area contributed by atoms with Crippen LogP contribution in [0.3, 0.4) is 0 Å². The molecule has 1 aromatic carbocycles. The number of fused-ring (bicyclic) bond motifs is 2. The second-order valence-corrected chi connectivity index (χ2v) is 10.1. The van der Waals surface area contributed by atoms with Gasteiger partial charge < -0.3 is 0 Å². The van der Waals surface area contributed by atoms with Gasteiger partial charge in [-0.2, -0.15) is 0 Å². The van der Waals surface area contributed by atoms with E-state index in [1.54, 1.807) is 10.5 Å². The third-order valence-electron chi connectivity index (χ3n) is 7.05. The average Bonchev–Trinajstić information content (AvgIpc) is 2.80. The van der Waals surface area contributed by atoms with Crippen molar-refractivity contribution in [2.75, 3.05) is 0 Å². The van der Waals surface area contributed by atoms with E-state index in [0.29, 0.717) is 45.0 Å². The highest BCUT2D eigenvalue weighted by Crippen LogP contribution is 2.39. The van der Waals surface area contributed by atoms with Crippen LogP contribution in [0.2, 0.25) is 0 Å². The van der Waals surface area contributed by atoms with E-state index < -0.39 is 0 Å². The van der Waals surface area contributed by atoms with Crippen molar-refractivity contribution in [3.05, 3.63) is 80.6 Å². The van der Waals surface area contributed by atoms with Gasteiger partial charge in [0.2, 0.25) is 0 Å². The Hall–Kier alpha value is -2.93.